The molecule has 0 bridgehead atoms. The lowest BCUT2D eigenvalue weighted by Crippen LogP contribution is -2.11. The normalized spacial score (nSPS) is 13.0. The number of nitrogens with zero attached hydrogens (tertiary/aromatic N) is 3. The second-order valence-electron chi connectivity index (χ2n) is 5.24. The molecule has 1 aromatic carbocycles. The predicted octanol–water partition coefficient (Wildman–Crippen LogP) is 4.98. The van der Waals surface area contributed by atoms with Gasteiger partial charge in [-0.1, -0.05) is 12.1 Å². The first-order valence-corrected chi connectivity index (χ1v) is 7.84. The van der Waals surface area contributed by atoms with Gasteiger partial charge in [0, 0.05) is 16.7 Å². The quantitative estimate of drug-likeness (QED) is 0.678. The van der Waals surface area contributed by atoms with Crippen molar-refractivity contribution in [2.24, 2.45) is 0 Å². The summed E-state index contributed by atoms with van der Waals surface area (Å²) in [6.07, 6.45) is -1.38. The third-order valence-electron chi connectivity index (χ3n) is 3.52. The van der Waals surface area contributed by atoms with E-state index in [-0.39, 0.29) is 6.04 Å². The number of rotatable bonds is 3. The molecule has 2 heterocycles. The van der Waals surface area contributed by atoms with Gasteiger partial charge in [0.05, 0.1) is 10.9 Å². The van der Waals surface area contributed by atoms with Crippen LogP contribution in [0.1, 0.15) is 24.1 Å². The molecule has 1 atom stereocenters. The van der Waals surface area contributed by atoms with E-state index in [0.29, 0.717) is 22.4 Å². The summed E-state index contributed by atoms with van der Waals surface area (Å²) < 4.78 is 39.3. The molecule has 0 saturated heterocycles. The lowest BCUT2D eigenvalue weighted by Gasteiger charge is -2.17. The highest BCUT2D eigenvalue weighted by Crippen LogP contribution is 2.32. The minimum atomic E-state index is -4.37. The highest BCUT2D eigenvalue weighted by atomic mass is 79.9. The Hall–Kier alpha value is -2.22. The molecule has 0 aliphatic heterocycles. The van der Waals surface area contributed by atoms with Gasteiger partial charge in [-0.15, -0.1) is 0 Å². The Morgan fingerprint density at radius 2 is 1.92 bits per heavy atom. The smallest absolute Gasteiger partial charge is 0.363 e. The Labute approximate surface area is 144 Å². The van der Waals surface area contributed by atoms with Crippen molar-refractivity contribution in [1.29, 1.82) is 0 Å². The van der Waals surface area contributed by atoms with Gasteiger partial charge < -0.3 is 5.32 Å². The molecule has 0 spiro atoms. The fraction of sp³-hybridized carbons (Fsp3) is 0.188. The maximum atomic E-state index is 12.9. The summed E-state index contributed by atoms with van der Waals surface area (Å²) in [7, 11) is 0. The molecule has 0 saturated carbocycles. The monoisotopic (exact) mass is 396 g/mol. The first-order valence-electron chi connectivity index (χ1n) is 7.04. The highest BCUT2D eigenvalue weighted by molar-refractivity contribution is 9.10. The van der Waals surface area contributed by atoms with Gasteiger partial charge in [-0.25, -0.2) is 15.0 Å². The Morgan fingerprint density at radius 3 is 2.67 bits per heavy atom. The maximum absolute atomic E-state index is 12.9. The van der Waals surface area contributed by atoms with E-state index in [2.05, 4.69) is 36.2 Å². The summed E-state index contributed by atoms with van der Waals surface area (Å²) >= 11 is 3.34. The summed E-state index contributed by atoms with van der Waals surface area (Å²) in [6.45, 7) is 1.77. The van der Waals surface area contributed by atoms with Gasteiger partial charge >= 0.3 is 6.18 Å². The van der Waals surface area contributed by atoms with Crippen LogP contribution in [0.15, 0.2) is 47.3 Å². The second-order valence-corrected chi connectivity index (χ2v) is 6.15. The summed E-state index contributed by atoms with van der Waals surface area (Å²) in [4.78, 5) is 12.4. The molecular formula is C16H12BrF3N4. The maximum Gasteiger partial charge on any atom is 0.416 e. The van der Waals surface area contributed by atoms with Crippen LogP contribution in [0.5, 0.6) is 0 Å². The van der Waals surface area contributed by atoms with Crippen molar-refractivity contribution in [3.8, 4) is 0 Å². The molecule has 0 unspecified atom stereocenters. The van der Waals surface area contributed by atoms with Gasteiger partial charge in [0.2, 0.25) is 0 Å². The van der Waals surface area contributed by atoms with Crippen LogP contribution in [0.25, 0.3) is 11.0 Å². The third-order valence-corrected chi connectivity index (χ3v) is 3.96. The van der Waals surface area contributed by atoms with E-state index in [1.807, 2.05) is 6.07 Å². The summed E-state index contributed by atoms with van der Waals surface area (Å²) in [6, 6.07) is 6.66. The molecule has 0 radical (unpaired) electrons. The second kappa shape index (κ2) is 6.35. The van der Waals surface area contributed by atoms with E-state index in [1.165, 1.54) is 12.4 Å². The SMILES string of the molecule is C[C@@H](Nc1ncnc2ncc(Br)cc12)c1cccc(C(F)(F)F)c1. The van der Waals surface area contributed by atoms with Crippen LogP contribution in [-0.2, 0) is 6.18 Å². The molecule has 124 valence electrons. The molecule has 8 heteroatoms. The van der Waals surface area contributed by atoms with E-state index in [9.17, 15) is 13.2 Å². The number of halogens is 4. The number of nitrogens with one attached hydrogen (secondary N) is 1. The molecule has 1 N–H and O–H groups in total. The first-order chi connectivity index (χ1) is 11.3. The molecular weight excluding hydrogens is 385 g/mol. The lowest BCUT2D eigenvalue weighted by atomic mass is 10.0. The largest absolute Gasteiger partial charge is 0.416 e. The number of fused-ring (bicyclic) bond motifs is 1. The van der Waals surface area contributed by atoms with Crippen molar-refractivity contribution in [3.63, 3.8) is 0 Å². The summed E-state index contributed by atoms with van der Waals surface area (Å²) in [5.74, 6) is 0.513. The van der Waals surface area contributed by atoms with Crippen LogP contribution >= 0.6 is 15.9 Å². The zero-order chi connectivity index (χ0) is 17.3. The van der Waals surface area contributed by atoms with Gasteiger partial charge in [0.25, 0.3) is 0 Å². The van der Waals surface area contributed by atoms with Crippen LogP contribution in [0.4, 0.5) is 19.0 Å². The number of alkyl halides is 3. The highest BCUT2D eigenvalue weighted by Gasteiger charge is 2.30. The number of hydrogen-bond acceptors (Lipinski definition) is 4. The summed E-state index contributed by atoms with van der Waals surface area (Å²) in [5.41, 5.74) is 0.345. The number of hydrogen-bond donors (Lipinski definition) is 1. The molecule has 0 aliphatic carbocycles. The lowest BCUT2D eigenvalue weighted by molar-refractivity contribution is -0.137. The van der Waals surface area contributed by atoms with E-state index in [4.69, 9.17) is 0 Å². The van der Waals surface area contributed by atoms with Crippen LogP contribution in [0.2, 0.25) is 0 Å². The number of pyridine rings is 1. The zero-order valence-electron chi connectivity index (χ0n) is 12.5. The minimum Gasteiger partial charge on any atom is -0.363 e. The average Bonchev–Trinajstić information content (AvgIpc) is 2.55. The van der Waals surface area contributed by atoms with Crippen LogP contribution in [0, 0.1) is 0 Å². The molecule has 4 nitrogen and oxygen atoms in total. The zero-order valence-corrected chi connectivity index (χ0v) is 14.1. The van der Waals surface area contributed by atoms with E-state index >= 15 is 0 Å². The van der Waals surface area contributed by atoms with Gasteiger partial charge in [0.1, 0.15) is 12.1 Å². The van der Waals surface area contributed by atoms with Crippen LogP contribution in [0.3, 0.4) is 0 Å². The molecule has 0 fully saturated rings. The van der Waals surface area contributed by atoms with Crippen molar-refractivity contribution in [3.05, 3.63) is 58.5 Å². The fourth-order valence-electron chi connectivity index (χ4n) is 2.31. The van der Waals surface area contributed by atoms with E-state index < -0.39 is 11.7 Å². The standard InChI is InChI=1S/C16H12BrF3N4/c1-9(10-3-2-4-11(5-10)16(18,19)20)24-15-13-6-12(17)7-21-14(13)22-8-23-15/h2-9H,1H3,(H,21,22,23,24)/t9-/m1/s1. The first kappa shape index (κ1) is 16.6. The minimum absolute atomic E-state index is 0.371. The Bertz CT molecular complexity index is 883. The van der Waals surface area contributed by atoms with Gasteiger partial charge in [-0.05, 0) is 46.6 Å². The van der Waals surface area contributed by atoms with Crippen molar-refractivity contribution in [1.82, 2.24) is 15.0 Å². The molecule has 3 aromatic rings. The van der Waals surface area contributed by atoms with Gasteiger partial charge in [-0.2, -0.15) is 13.2 Å². The van der Waals surface area contributed by atoms with Crippen molar-refractivity contribution >= 4 is 32.8 Å². The number of aromatic nitrogens is 3. The molecule has 24 heavy (non-hydrogen) atoms. The molecule has 3 rings (SSSR count). The molecule has 0 aliphatic rings. The third kappa shape index (κ3) is 3.48. The van der Waals surface area contributed by atoms with Gasteiger partial charge in [-0.3, -0.25) is 0 Å². The Kier molecular flexibility index (Phi) is 4.40. The van der Waals surface area contributed by atoms with Crippen molar-refractivity contribution < 1.29 is 13.2 Å². The molecule has 2 aromatic heterocycles. The van der Waals surface area contributed by atoms with E-state index in [0.717, 1.165) is 16.6 Å². The predicted molar refractivity (Wildman–Crippen MR) is 88.5 cm³/mol. The van der Waals surface area contributed by atoms with Gasteiger partial charge in [0.15, 0.2) is 5.65 Å². The number of benzene rings is 1. The number of anilines is 1. The molecule has 0 amide bonds. The Morgan fingerprint density at radius 1 is 1.12 bits per heavy atom. The fourth-order valence-corrected chi connectivity index (χ4v) is 2.64. The Balaban J connectivity index is 1.93. The summed E-state index contributed by atoms with van der Waals surface area (Å²) in [5, 5.41) is 3.81. The van der Waals surface area contributed by atoms with E-state index in [1.54, 1.807) is 19.2 Å². The van der Waals surface area contributed by atoms with Crippen LogP contribution in [-0.4, -0.2) is 15.0 Å². The van der Waals surface area contributed by atoms with Crippen molar-refractivity contribution in [2.45, 2.75) is 19.1 Å². The average molecular weight is 397 g/mol. The van der Waals surface area contributed by atoms with Crippen molar-refractivity contribution in [2.75, 3.05) is 5.32 Å². The van der Waals surface area contributed by atoms with Crippen LogP contribution < -0.4 is 5.32 Å². The topological polar surface area (TPSA) is 50.7 Å².